The summed E-state index contributed by atoms with van der Waals surface area (Å²) in [5, 5.41) is 19.8. The van der Waals surface area contributed by atoms with Crippen LogP contribution in [0.3, 0.4) is 0 Å². The van der Waals surface area contributed by atoms with Crippen molar-refractivity contribution < 1.29 is 10.2 Å². The van der Waals surface area contributed by atoms with E-state index in [0.29, 0.717) is 11.8 Å². The lowest BCUT2D eigenvalue weighted by Gasteiger charge is -2.16. The standard InChI is InChI=1S/C8H11BrClN3O2/c9-2-1-4(14)7(15)6-8(10)13-5(11)3-12-6/h3-4,7,14-15H,1-2H2,(H2,11,13). The molecule has 0 spiro atoms. The number of nitrogens with two attached hydrogens (primary N) is 1. The van der Waals surface area contributed by atoms with Gasteiger partial charge in [0.25, 0.3) is 0 Å². The molecule has 1 heterocycles. The van der Waals surface area contributed by atoms with E-state index in [2.05, 4.69) is 25.9 Å². The van der Waals surface area contributed by atoms with Gasteiger partial charge in [0, 0.05) is 5.33 Å². The summed E-state index contributed by atoms with van der Waals surface area (Å²) in [5.41, 5.74) is 5.49. The van der Waals surface area contributed by atoms with Gasteiger partial charge in [-0.05, 0) is 6.42 Å². The van der Waals surface area contributed by atoms with Crippen LogP contribution in [0.1, 0.15) is 18.2 Å². The molecule has 0 saturated heterocycles. The number of halogens is 2. The van der Waals surface area contributed by atoms with Crippen molar-refractivity contribution in [2.24, 2.45) is 0 Å². The van der Waals surface area contributed by atoms with Gasteiger partial charge < -0.3 is 15.9 Å². The molecule has 0 aromatic carbocycles. The first-order chi connectivity index (χ1) is 7.06. The summed E-state index contributed by atoms with van der Waals surface area (Å²) in [5.74, 6) is 0.172. The van der Waals surface area contributed by atoms with Crippen molar-refractivity contribution in [1.82, 2.24) is 9.97 Å². The van der Waals surface area contributed by atoms with Crippen molar-refractivity contribution in [3.63, 3.8) is 0 Å². The van der Waals surface area contributed by atoms with E-state index in [4.69, 9.17) is 17.3 Å². The number of nitrogens with zero attached hydrogens (tertiary/aromatic N) is 2. The summed E-state index contributed by atoms with van der Waals surface area (Å²) in [7, 11) is 0. The average Bonchev–Trinajstić information content (AvgIpc) is 2.17. The van der Waals surface area contributed by atoms with Crippen molar-refractivity contribution in [2.45, 2.75) is 18.6 Å². The van der Waals surface area contributed by atoms with E-state index >= 15 is 0 Å². The van der Waals surface area contributed by atoms with E-state index in [9.17, 15) is 10.2 Å². The van der Waals surface area contributed by atoms with Crippen LogP contribution < -0.4 is 5.73 Å². The van der Waals surface area contributed by atoms with Crippen molar-refractivity contribution in [2.75, 3.05) is 11.1 Å². The molecule has 1 aromatic heterocycles. The van der Waals surface area contributed by atoms with Gasteiger partial charge in [-0.2, -0.15) is 0 Å². The first kappa shape index (κ1) is 12.6. The number of nitrogen functional groups attached to an aromatic ring is 1. The second-order valence-corrected chi connectivity index (χ2v) is 4.11. The summed E-state index contributed by atoms with van der Waals surface area (Å²) in [6, 6.07) is 0. The smallest absolute Gasteiger partial charge is 0.155 e. The Morgan fingerprint density at radius 2 is 2.20 bits per heavy atom. The monoisotopic (exact) mass is 295 g/mol. The molecule has 0 radical (unpaired) electrons. The lowest BCUT2D eigenvalue weighted by molar-refractivity contribution is 0.0147. The summed E-state index contributed by atoms with van der Waals surface area (Å²) >= 11 is 8.89. The van der Waals surface area contributed by atoms with Gasteiger partial charge in [-0.1, -0.05) is 27.5 Å². The Morgan fingerprint density at radius 1 is 1.53 bits per heavy atom. The number of hydrogen-bond acceptors (Lipinski definition) is 5. The predicted octanol–water partition coefficient (Wildman–Crippen LogP) is 0.891. The normalized spacial score (nSPS) is 14.9. The maximum absolute atomic E-state index is 9.69. The summed E-state index contributed by atoms with van der Waals surface area (Å²) < 4.78 is 0. The molecule has 2 atom stereocenters. The molecule has 0 saturated carbocycles. The summed E-state index contributed by atoms with van der Waals surface area (Å²) in [6.07, 6.45) is -0.405. The number of aliphatic hydroxyl groups is 2. The molecule has 2 unspecified atom stereocenters. The maximum atomic E-state index is 9.69. The van der Waals surface area contributed by atoms with E-state index in [1.807, 2.05) is 0 Å². The van der Waals surface area contributed by atoms with Crippen LogP contribution in [-0.2, 0) is 0 Å². The van der Waals surface area contributed by atoms with Gasteiger partial charge in [0.05, 0.1) is 12.3 Å². The van der Waals surface area contributed by atoms with Gasteiger partial charge in [0.15, 0.2) is 5.15 Å². The van der Waals surface area contributed by atoms with E-state index in [-0.39, 0.29) is 16.7 Å². The first-order valence-electron chi connectivity index (χ1n) is 4.26. The van der Waals surface area contributed by atoms with Crippen LogP contribution in [0.2, 0.25) is 5.15 Å². The number of hydrogen-bond donors (Lipinski definition) is 3. The van der Waals surface area contributed by atoms with Gasteiger partial charge in [0.1, 0.15) is 17.6 Å². The zero-order chi connectivity index (χ0) is 11.4. The number of anilines is 1. The lowest BCUT2D eigenvalue weighted by Crippen LogP contribution is -2.20. The minimum Gasteiger partial charge on any atom is -0.390 e. The van der Waals surface area contributed by atoms with Crippen LogP contribution in [0.4, 0.5) is 5.82 Å². The van der Waals surface area contributed by atoms with Gasteiger partial charge in [-0.15, -0.1) is 0 Å². The molecule has 0 amide bonds. The van der Waals surface area contributed by atoms with Crippen LogP contribution in [-0.4, -0.2) is 31.6 Å². The Kier molecular flexibility index (Phi) is 4.72. The average molecular weight is 297 g/mol. The molecule has 0 aliphatic rings. The fourth-order valence-corrected chi connectivity index (χ4v) is 1.77. The molecule has 5 nitrogen and oxygen atoms in total. The zero-order valence-electron chi connectivity index (χ0n) is 7.77. The van der Waals surface area contributed by atoms with E-state index < -0.39 is 12.2 Å². The predicted molar refractivity (Wildman–Crippen MR) is 60.8 cm³/mol. The van der Waals surface area contributed by atoms with Crippen molar-refractivity contribution in [1.29, 1.82) is 0 Å². The minimum atomic E-state index is -1.15. The first-order valence-corrected chi connectivity index (χ1v) is 5.76. The fourth-order valence-electron chi connectivity index (χ4n) is 1.04. The van der Waals surface area contributed by atoms with Crippen molar-refractivity contribution >= 4 is 33.3 Å². The minimum absolute atomic E-state index is 0.0103. The second-order valence-electron chi connectivity index (χ2n) is 2.96. The van der Waals surface area contributed by atoms with Crippen LogP contribution in [0.5, 0.6) is 0 Å². The van der Waals surface area contributed by atoms with E-state index in [0.717, 1.165) is 0 Å². The Morgan fingerprint density at radius 3 is 2.73 bits per heavy atom. The molecular weight excluding hydrogens is 285 g/mol. The van der Waals surface area contributed by atoms with Gasteiger partial charge in [0.2, 0.25) is 0 Å². The molecule has 0 aliphatic heterocycles. The van der Waals surface area contributed by atoms with E-state index in [1.165, 1.54) is 6.20 Å². The van der Waals surface area contributed by atoms with Gasteiger partial charge in [-0.3, -0.25) is 4.98 Å². The number of rotatable bonds is 4. The van der Waals surface area contributed by atoms with Crippen molar-refractivity contribution in [3.8, 4) is 0 Å². The summed E-state index contributed by atoms with van der Waals surface area (Å²) in [6.45, 7) is 0. The molecule has 7 heteroatoms. The quantitative estimate of drug-likeness (QED) is 0.718. The van der Waals surface area contributed by atoms with Crippen LogP contribution in [0.25, 0.3) is 0 Å². The SMILES string of the molecule is Nc1cnc(C(O)C(O)CCBr)c(Cl)n1. The highest BCUT2D eigenvalue weighted by Gasteiger charge is 2.22. The Labute approximate surface area is 100 Å². The second kappa shape index (κ2) is 5.60. The van der Waals surface area contributed by atoms with Crippen LogP contribution >= 0.6 is 27.5 Å². The Bertz CT molecular complexity index is 340. The van der Waals surface area contributed by atoms with Crippen molar-refractivity contribution in [3.05, 3.63) is 17.0 Å². The third-order valence-electron chi connectivity index (χ3n) is 1.82. The van der Waals surface area contributed by atoms with Crippen LogP contribution in [0.15, 0.2) is 6.20 Å². The topological polar surface area (TPSA) is 92.3 Å². The molecule has 1 rings (SSSR count). The lowest BCUT2D eigenvalue weighted by atomic mass is 10.1. The number of aromatic nitrogens is 2. The third-order valence-corrected chi connectivity index (χ3v) is 2.56. The number of aliphatic hydroxyl groups excluding tert-OH is 2. The maximum Gasteiger partial charge on any atom is 0.155 e. The summed E-state index contributed by atoms with van der Waals surface area (Å²) in [4.78, 5) is 7.57. The molecule has 0 aliphatic carbocycles. The number of alkyl halides is 1. The molecule has 15 heavy (non-hydrogen) atoms. The highest BCUT2D eigenvalue weighted by Crippen LogP contribution is 2.23. The van der Waals surface area contributed by atoms with Gasteiger partial charge in [-0.25, -0.2) is 4.98 Å². The van der Waals surface area contributed by atoms with E-state index in [1.54, 1.807) is 0 Å². The highest BCUT2D eigenvalue weighted by molar-refractivity contribution is 9.09. The molecule has 84 valence electrons. The fraction of sp³-hybridized carbons (Fsp3) is 0.500. The highest BCUT2D eigenvalue weighted by atomic mass is 79.9. The third kappa shape index (κ3) is 3.27. The molecule has 0 fully saturated rings. The van der Waals surface area contributed by atoms with Crippen LogP contribution in [0, 0.1) is 0 Å². The van der Waals surface area contributed by atoms with Gasteiger partial charge >= 0.3 is 0 Å². The Balaban J connectivity index is 2.86. The molecule has 4 N–H and O–H groups in total. The molecule has 1 aromatic rings. The molecule has 0 bridgehead atoms. The largest absolute Gasteiger partial charge is 0.390 e. The Hall–Kier alpha value is -0.430. The molecular formula is C8H11BrClN3O2. The zero-order valence-corrected chi connectivity index (χ0v) is 10.1.